The number of rotatable bonds is 9. The van der Waals surface area contributed by atoms with Crippen LogP contribution in [0.25, 0.3) is 0 Å². The van der Waals surface area contributed by atoms with Crippen molar-refractivity contribution in [2.45, 2.75) is 20.0 Å². The van der Waals surface area contributed by atoms with Gasteiger partial charge in [-0.2, -0.15) is 5.10 Å². The predicted molar refractivity (Wildman–Crippen MR) is 137 cm³/mol. The van der Waals surface area contributed by atoms with Gasteiger partial charge in [-0.3, -0.25) is 4.79 Å². The molecule has 1 amide bonds. The summed E-state index contributed by atoms with van der Waals surface area (Å²) < 4.78 is 12.4. The highest BCUT2D eigenvalue weighted by molar-refractivity contribution is 9.10. The molecule has 0 bridgehead atoms. The smallest absolute Gasteiger partial charge is 0.244 e. The summed E-state index contributed by atoms with van der Waals surface area (Å²) in [5, 5.41) is 5.75. The van der Waals surface area contributed by atoms with Crippen molar-refractivity contribution in [2.75, 3.05) is 6.61 Å². The average molecular weight is 571 g/mol. The molecule has 0 heterocycles. The molecular formula is C24H20BrCl3N2O3. The lowest BCUT2D eigenvalue weighted by Gasteiger charge is -2.15. The number of carbonyl (C=O) groups is 1. The highest BCUT2D eigenvalue weighted by Gasteiger charge is 2.13. The summed E-state index contributed by atoms with van der Waals surface area (Å²) in [5.41, 5.74) is 4.88. The molecule has 0 radical (unpaired) electrons. The Morgan fingerprint density at radius 3 is 2.45 bits per heavy atom. The van der Waals surface area contributed by atoms with Gasteiger partial charge in [0.25, 0.3) is 0 Å². The number of ether oxygens (including phenoxy) is 2. The quantitative estimate of drug-likeness (QED) is 0.221. The Morgan fingerprint density at radius 2 is 1.76 bits per heavy atom. The van der Waals surface area contributed by atoms with E-state index in [4.69, 9.17) is 44.3 Å². The van der Waals surface area contributed by atoms with Crippen LogP contribution in [0.1, 0.15) is 23.6 Å². The minimum atomic E-state index is -0.238. The summed E-state index contributed by atoms with van der Waals surface area (Å²) in [5.74, 6) is 0.829. The Morgan fingerprint density at radius 1 is 1.03 bits per heavy atom. The molecule has 0 aliphatic rings. The van der Waals surface area contributed by atoms with Crippen LogP contribution in [0.15, 0.2) is 64.2 Å². The van der Waals surface area contributed by atoms with Gasteiger partial charge < -0.3 is 9.47 Å². The van der Waals surface area contributed by atoms with Crippen LogP contribution in [0.5, 0.6) is 11.5 Å². The predicted octanol–water partition coefficient (Wildman–Crippen LogP) is 7.08. The van der Waals surface area contributed by atoms with Crippen LogP contribution in [-0.4, -0.2) is 18.7 Å². The van der Waals surface area contributed by atoms with Crippen LogP contribution in [0.2, 0.25) is 15.1 Å². The Bertz CT molecular complexity index is 1150. The molecule has 33 heavy (non-hydrogen) atoms. The summed E-state index contributed by atoms with van der Waals surface area (Å²) in [6.07, 6.45) is 1.73. The molecule has 3 rings (SSSR count). The van der Waals surface area contributed by atoms with Crippen molar-refractivity contribution in [2.24, 2.45) is 5.10 Å². The van der Waals surface area contributed by atoms with Crippen molar-refractivity contribution in [1.82, 2.24) is 5.43 Å². The largest absolute Gasteiger partial charge is 0.490 e. The summed E-state index contributed by atoms with van der Waals surface area (Å²) in [6, 6.07) is 15.9. The number of hydrogen-bond donors (Lipinski definition) is 1. The molecule has 0 saturated heterocycles. The van der Waals surface area contributed by atoms with Gasteiger partial charge in [-0.15, -0.1) is 0 Å². The third-order valence-corrected chi connectivity index (χ3v) is 5.83. The minimum absolute atomic E-state index is 0.197. The van der Waals surface area contributed by atoms with Crippen molar-refractivity contribution >= 4 is 62.9 Å². The van der Waals surface area contributed by atoms with E-state index in [0.717, 1.165) is 11.1 Å². The fraction of sp³-hybridized carbons (Fsp3) is 0.167. The number of nitrogens with zero attached hydrogens (tertiary/aromatic N) is 1. The zero-order chi connectivity index (χ0) is 23.8. The second-order valence-corrected chi connectivity index (χ2v) is 9.02. The molecule has 0 spiro atoms. The molecule has 0 aromatic heterocycles. The molecular weight excluding hydrogens is 551 g/mol. The van der Waals surface area contributed by atoms with Crippen LogP contribution >= 0.6 is 50.7 Å². The van der Waals surface area contributed by atoms with Gasteiger partial charge in [-0.25, -0.2) is 5.43 Å². The first kappa shape index (κ1) is 25.4. The van der Waals surface area contributed by atoms with E-state index in [1.165, 1.54) is 6.21 Å². The van der Waals surface area contributed by atoms with Crippen molar-refractivity contribution in [3.05, 3.63) is 90.8 Å². The van der Waals surface area contributed by atoms with E-state index in [1.807, 2.05) is 19.1 Å². The van der Waals surface area contributed by atoms with E-state index in [-0.39, 0.29) is 18.9 Å². The second-order valence-electron chi connectivity index (χ2n) is 6.88. The first-order valence-electron chi connectivity index (χ1n) is 9.95. The van der Waals surface area contributed by atoms with E-state index < -0.39 is 0 Å². The Balaban J connectivity index is 1.67. The summed E-state index contributed by atoms with van der Waals surface area (Å²) >= 11 is 21.6. The van der Waals surface area contributed by atoms with E-state index in [2.05, 4.69) is 26.5 Å². The standard InChI is InChI=1S/C24H20BrCl3N2O3/c1-2-32-22-10-16(13-29-30-23(31)11-15-3-6-18(26)7-4-15)9-20(25)24(22)33-14-17-5-8-19(27)12-21(17)28/h3-10,12-13H,2,11,14H2,1H3,(H,30,31)/b29-13-. The van der Waals surface area contributed by atoms with Gasteiger partial charge in [-0.1, -0.05) is 53.0 Å². The van der Waals surface area contributed by atoms with E-state index in [0.29, 0.717) is 43.2 Å². The molecule has 0 fully saturated rings. The van der Waals surface area contributed by atoms with Gasteiger partial charge in [0.2, 0.25) is 5.91 Å². The van der Waals surface area contributed by atoms with E-state index in [9.17, 15) is 4.79 Å². The average Bonchev–Trinajstić information content (AvgIpc) is 2.76. The summed E-state index contributed by atoms with van der Waals surface area (Å²) in [4.78, 5) is 12.1. The lowest BCUT2D eigenvalue weighted by atomic mass is 10.1. The van der Waals surface area contributed by atoms with Gasteiger partial charge >= 0.3 is 0 Å². The number of carbonyl (C=O) groups excluding carboxylic acids is 1. The first-order chi connectivity index (χ1) is 15.9. The van der Waals surface area contributed by atoms with Crippen LogP contribution < -0.4 is 14.9 Å². The maximum Gasteiger partial charge on any atom is 0.244 e. The number of hydrogen-bond acceptors (Lipinski definition) is 4. The lowest BCUT2D eigenvalue weighted by molar-refractivity contribution is -0.120. The van der Waals surface area contributed by atoms with Crippen LogP contribution in [0, 0.1) is 0 Å². The molecule has 0 atom stereocenters. The first-order valence-corrected chi connectivity index (χ1v) is 11.9. The lowest BCUT2D eigenvalue weighted by Crippen LogP contribution is -2.19. The third-order valence-electron chi connectivity index (χ3n) is 4.40. The Kier molecular flexibility index (Phi) is 9.44. The zero-order valence-electron chi connectivity index (χ0n) is 17.6. The number of amides is 1. The van der Waals surface area contributed by atoms with Crippen molar-refractivity contribution in [1.29, 1.82) is 0 Å². The molecule has 3 aromatic carbocycles. The van der Waals surface area contributed by atoms with Gasteiger partial charge in [0.15, 0.2) is 11.5 Å². The van der Waals surface area contributed by atoms with Crippen LogP contribution in [0.4, 0.5) is 0 Å². The fourth-order valence-electron chi connectivity index (χ4n) is 2.86. The molecule has 172 valence electrons. The topological polar surface area (TPSA) is 59.9 Å². The minimum Gasteiger partial charge on any atom is -0.490 e. The monoisotopic (exact) mass is 568 g/mol. The van der Waals surface area contributed by atoms with Gasteiger partial charge in [0.1, 0.15) is 6.61 Å². The van der Waals surface area contributed by atoms with E-state index >= 15 is 0 Å². The van der Waals surface area contributed by atoms with Crippen LogP contribution in [0.3, 0.4) is 0 Å². The molecule has 0 aliphatic carbocycles. The number of halogens is 4. The summed E-state index contributed by atoms with van der Waals surface area (Å²) in [6.45, 7) is 2.57. The zero-order valence-corrected chi connectivity index (χ0v) is 21.4. The summed E-state index contributed by atoms with van der Waals surface area (Å²) in [7, 11) is 0. The van der Waals surface area contributed by atoms with Crippen LogP contribution in [-0.2, 0) is 17.8 Å². The van der Waals surface area contributed by atoms with Gasteiger partial charge in [-0.05, 0) is 70.4 Å². The number of nitrogens with one attached hydrogen (secondary N) is 1. The molecule has 0 aliphatic heterocycles. The van der Waals surface area contributed by atoms with Crippen molar-refractivity contribution in [3.63, 3.8) is 0 Å². The SMILES string of the molecule is CCOc1cc(/C=N\NC(=O)Cc2ccc(Cl)cc2)cc(Br)c1OCc1ccc(Cl)cc1Cl. The highest BCUT2D eigenvalue weighted by Crippen LogP contribution is 2.37. The molecule has 0 saturated carbocycles. The van der Waals surface area contributed by atoms with Crippen molar-refractivity contribution in [3.8, 4) is 11.5 Å². The van der Waals surface area contributed by atoms with Gasteiger partial charge in [0, 0.05) is 20.6 Å². The molecule has 5 nitrogen and oxygen atoms in total. The maximum atomic E-state index is 12.1. The van der Waals surface area contributed by atoms with E-state index in [1.54, 1.807) is 42.5 Å². The van der Waals surface area contributed by atoms with Gasteiger partial charge in [0.05, 0.1) is 23.7 Å². The highest BCUT2D eigenvalue weighted by atomic mass is 79.9. The maximum absolute atomic E-state index is 12.1. The number of hydrazone groups is 1. The Hall–Kier alpha value is -2.25. The molecule has 0 unspecified atom stereocenters. The Labute approximate surface area is 215 Å². The second kappa shape index (κ2) is 12.3. The fourth-order valence-corrected chi connectivity index (χ4v) is 4.02. The molecule has 9 heteroatoms. The normalized spacial score (nSPS) is 10.9. The molecule has 3 aromatic rings. The number of benzene rings is 3. The molecule has 1 N–H and O–H groups in total. The van der Waals surface area contributed by atoms with Crippen molar-refractivity contribution < 1.29 is 14.3 Å². The third kappa shape index (κ3) is 7.64.